The third-order valence-corrected chi connectivity index (χ3v) is 7.72. The molecular formula is C36H72O6. The minimum Gasteiger partial charge on any atom is -0.481 e. The molecule has 0 aromatic heterocycles. The van der Waals surface area contributed by atoms with Gasteiger partial charge >= 0.3 is 11.9 Å². The normalized spacial score (nSPS) is 11.6. The van der Waals surface area contributed by atoms with Crippen molar-refractivity contribution in [2.45, 2.75) is 206 Å². The number of rotatable bonds is 31. The Hall–Kier alpha value is -1.40. The topological polar surface area (TPSA) is 126 Å². The lowest BCUT2D eigenvalue weighted by molar-refractivity contribution is -0.138. The summed E-state index contributed by atoms with van der Waals surface area (Å²) < 4.78 is 0. The molecule has 0 unspecified atom stereocenters. The van der Waals surface area contributed by atoms with E-state index in [1.165, 1.54) is 122 Å². The lowest BCUT2D eigenvalue weighted by atomic mass is 10.0. The highest BCUT2D eigenvalue weighted by Crippen LogP contribution is 2.14. The average molecular weight is 601 g/mol. The minimum atomic E-state index is -0.687. The monoisotopic (exact) mass is 601 g/mol. The lowest BCUT2D eigenvalue weighted by Gasteiger charge is -2.10. The van der Waals surface area contributed by atoms with Crippen molar-refractivity contribution in [1.29, 1.82) is 0 Å². The van der Waals surface area contributed by atoms with Gasteiger partial charge in [-0.1, -0.05) is 148 Å². The molecule has 0 amide bonds. The van der Waals surface area contributed by atoms with Crippen molar-refractivity contribution >= 4 is 11.9 Å². The summed E-state index contributed by atoms with van der Waals surface area (Å²) in [6.07, 6.45) is 37.4. The predicted molar refractivity (Wildman–Crippen MR) is 179 cm³/mol. The van der Waals surface area contributed by atoms with Gasteiger partial charge in [-0.25, -0.2) is 0 Å². The Bertz CT molecular complexity index is 563. The quantitative estimate of drug-likeness (QED) is 0.0539. The fourth-order valence-electron chi connectivity index (χ4n) is 5.01. The number of hydrogen-bond donors (Lipinski definition) is 3. The van der Waals surface area contributed by atoms with E-state index in [4.69, 9.17) is 10.2 Å². The molecule has 0 aliphatic rings. The van der Waals surface area contributed by atoms with E-state index in [0.717, 1.165) is 51.4 Å². The highest BCUT2D eigenvalue weighted by Gasteiger charge is 2.04. The summed E-state index contributed by atoms with van der Waals surface area (Å²) in [5.41, 5.74) is 0. The molecule has 0 aromatic carbocycles. The summed E-state index contributed by atoms with van der Waals surface area (Å²) in [4.78, 5) is 20.7. The van der Waals surface area contributed by atoms with E-state index in [-0.39, 0.29) is 11.6 Å². The summed E-state index contributed by atoms with van der Waals surface area (Å²) >= 11 is 0. The molecule has 252 valence electrons. The third kappa shape index (κ3) is 45.6. The molecule has 0 radical (unpaired) electrons. The molecule has 0 spiro atoms. The molecule has 6 heteroatoms. The first kappa shape index (κ1) is 45.0. The van der Waals surface area contributed by atoms with E-state index in [2.05, 4.69) is 26.0 Å². The molecule has 0 heterocycles. The molecule has 0 aromatic rings. The van der Waals surface area contributed by atoms with Crippen LogP contribution in [0.4, 0.5) is 0 Å². The predicted octanol–water partition coefficient (Wildman–Crippen LogP) is 10.6. The van der Waals surface area contributed by atoms with Crippen LogP contribution in [0.5, 0.6) is 0 Å². The van der Waals surface area contributed by atoms with Gasteiger partial charge in [0.05, 0.1) is 6.10 Å². The largest absolute Gasteiger partial charge is 0.481 e. The summed E-state index contributed by atoms with van der Waals surface area (Å²) in [5, 5.41) is 26.9. The molecule has 0 aliphatic heterocycles. The van der Waals surface area contributed by atoms with Gasteiger partial charge in [-0.3, -0.25) is 9.59 Å². The highest BCUT2D eigenvalue weighted by atomic mass is 16.4. The van der Waals surface area contributed by atoms with Crippen LogP contribution in [-0.2, 0) is 9.59 Å². The van der Waals surface area contributed by atoms with Gasteiger partial charge in [-0.15, -0.1) is 0 Å². The Morgan fingerprint density at radius 1 is 0.476 bits per heavy atom. The van der Waals surface area contributed by atoms with Gasteiger partial charge in [-0.05, 0) is 51.4 Å². The van der Waals surface area contributed by atoms with E-state index >= 15 is 0 Å². The molecule has 0 saturated carbocycles. The van der Waals surface area contributed by atoms with E-state index in [1.807, 2.05) is 0 Å². The SMILES string of the molecule is CCCCCCCC/C=C\CCCCCCCC(=O)O.CCCCCCCC[C@@H](O)CCCCCCCCC(=O)O.O. The first-order valence-electron chi connectivity index (χ1n) is 17.7. The van der Waals surface area contributed by atoms with Crippen molar-refractivity contribution in [2.75, 3.05) is 0 Å². The van der Waals surface area contributed by atoms with Crippen molar-refractivity contribution in [3.05, 3.63) is 12.2 Å². The zero-order valence-electron chi connectivity index (χ0n) is 27.9. The van der Waals surface area contributed by atoms with Crippen LogP contribution in [0.1, 0.15) is 200 Å². The maximum absolute atomic E-state index is 10.3. The molecular weight excluding hydrogens is 528 g/mol. The van der Waals surface area contributed by atoms with Crippen LogP contribution >= 0.6 is 0 Å². The van der Waals surface area contributed by atoms with Crippen LogP contribution in [0, 0.1) is 0 Å². The van der Waals surface area contributed by atoms with E-state index in [0.29, 0.717) is 12.8 Å². The van der Waals surface area contributed by atoms with Gasteiger partial charge in [0.15, 0.2) is 0 Å². The zero-order chi connectivity index (χ0) is 30.7. The Morgan fingerprint density at radius 3 is 1.10 bits per heavy atom. The summed E-state index contributed by atoms with van der Waals surface area (Å²) in [5.74, 6) is -1.35. The molecule has 0 fully saturated rings. The fraction of sp³-hybridized carbons (Fsp3) is 0.889. The van der Waals surface area contributed by atoms with E-state index in [1.54, 1.807) is 0 Å². The maximum atomic E-state index is 10.3. The van der Waals surface area contributed by atoms with Gasteiger partial charge in [0.1, 0.15) is 0 Å². The summed E-state index contributed by atoms with van der Waals surface area (Å²) in [6, 6.07) is 0. The minimum absolute atomic E-state index is 0. The first-order chi connectivity index (χ1) is 19.9. The van der Waals surface area contributed by atoms with Crippen LogP contribution in [0.3, 0.4) is 0 Å². The second-order valence-electron chi connectivity index (χ2n) is 12.0. The van der Waals surface area contributed by atoms with Crippen molar-refractivity contribution in [2.24, 2.45) is 0 Å². The van der Waals surface area contributed by atoms with Crippen LogP contribution in [0.15, 0.2) is 12.2 Å². The number of aliphatic carboxylic acids is 2. The van der Waals surface area contributed by atoms with Gasteiger partial charge in [0, 0.05) is 12.8 Å². The van der Waals surface area contributed by atoms with Crippen LogP contribution < -0.4 is 0 Å². The van der Waals surface area contributed by atoms with E-state index in [9.17, 15) is 14.7 Å². The third-order valence-electron chi connectivity index (χ3n) is 7.72. The van der Waals surface area contributed by atoms with E-state index < -0.39 is 11.9 Å². The second-order valence-corrected chi connectivity index (χ2v) is 12.0. The Balaban J connectivity index is -0.000000708. The average Bonchev–Trinajstić information content (AvgIpc) is 2.94. The zero-order valence-corrected chi connectivity index (χ0v) is 27.9. The molecule has 42 heavy (non-hydrogen) atoms. The molecule has 1 atom stereocenters. The standard InChI is InChI=1S/C18H36O3.C18H34O2.H2O/c1-2-3-4-5-8-11-14-17(19)15-12-9-6-7-10-13-16-18(20)21;1-2-3-4-5-6-7-8-9-10-11-12-13-14-15-16-17-18(19)20;/h17,19H,2-16H2,1H3,(H,20,21);9-10H,2-8,11-17H2,1H3,(H,19,20);1H2/b;10-9-;/t17-;;/m1../s1. The number of unbranched alkanes of at least 4 members (excludes halogenated alkanes) is 21. The summed E-state index contributed by atoms with van der Waals surface area (Å²) in [7, 11) is 0. The fourth-order valence-corrected chi connectivity index (χ4v) is 5.01. The number of aliphatic hydroxyl groups excluding tert-OH is 1. The van der Waals surface area contributed by atoms with Crippen LogP contribution in [-0.4, -0.2) is 38.8 Å². The molecule has 0 rings (SSSR count). The number of carbonyl (C=O) groups is 2. The highest BCUT2D eigenvalue weighted by molar-refractivity contribution is 5.66. The molecule has 0 bridgehead atoms. The second kappa shape index (κ2) is 39.6. The number of hydrogen-bond acceptors (Lipinski definition) is 3. The van der Waals surface area contributed by atoms with Crippen molar-refractivity contribution in [3.8, 4) is 0 Å². The molecule has 5 N–H and O–H groups in total. The van der Waals surface area contributed by atoms with Crippen molar-refractivity contribution < 1.29 is 30.4 Å². The lowest BCUT2D eigenvalue weighted by Crippen LogP contribution is -2.05. The van der Waals surface area contributed by atoms with Crippen LogP contribution in [0.25, 0.3) is 0 Å². The Labute approximate surface area is 260 Å². The summed E-state index contributed by atoms with van der Waals surface area (Å²) in [6.45, 7) is 4.49. The number of aliphatic hydroxyl groups is 1. The van der Waals surface area contributed by atoms with Gasteiger partial charge in [-0.2, -0.15) is 0 Å². The number of allylic oxidation sites excluding steroid dienone is 2. The van der Waals surface area contributed by atoms with Crippen molar-refractivity contribution in [3.63, 3.8) is 0 Å². The number of carboxylic acid groups (broad SMARTS) is 2. The number of carboxylic acids is 2. The van der Waals surface area contributed by atoms with Crippen molar-refractivity contribution in [1.82, 2.24) is 0 Å². The van der Waals surface area contributed by atoms with Gasteiger partial charge < -0.3 is 20.8 Å². The smallest absolute Gasteiger partial charge is 0.303 e. The first-order valence-corrected chi connectivity index (χ1v) is 17.7. The van der Waals surface area contributed by atoms with Gasteiger partial charge in [0.2, 0.25) is 0 Å². The molecule has 0 aliphatic carbocycles. The molecule has 0 saturated heterocycles. The molecule has 6 nitrogen and oxygen atoms in total. The van der Waals surface area contributed by atoms with Crippen LogP contribution in [0.2, 0.25) is 0 Å². The van der Waals surface area contributed by atoms with Gasteiger partial charge in [0.25, 0.3) is 0 Å². The Kier molecular flexibility index (Phi) is 42.5. The Morgan fingerprint density at radius 2 is 0.762 bits per heavy atom. The maximum Gasteiger partial charge on any atom is 0.303 e.